The van der Waals surface area contributed by atoms with Crippen LogP contribution in [0, 0.1) is 5.92 Å². The topological polar surface area (TPSA) is 142 Å². The van der Waals surface area contributed by atoms with Gasteiger partial charge in [0.15, 0.2) is 0 Å². The van der Waals surface area contributed by atoms with Crippen molar-refractivity contribution in [1.82, 2.24) is 10.0 Å². The lowest BCUT2D eigenvalue weighted by atomic mass is 10.0. The number of fused-ring (bicyclic) bond motifs is 1. The van der Waals surface area contributed by atoms with Crippen LogP contribution in [0.5, 0.6) is 0 Å². The van der Waals surface area contributed by atoms with E-state index >= 15 is 0 Å². The van der Waals surface area contributed by atoms with Gasteiger partial charge in [0.25, 0.3) is 0 Å². The fraction of sp³-hybridized carbons (Fsp3) is 0.583. The number of nitrogens with one attached hydrogen (secondary N) is 2. The Morgan fingerprint density at radius 2 is 1.50 bits per heavy atom. The molecule has 0 saturated heterocycles. The molecule has 1 saturated carbocycles. The van der Waals surface area contributed by atoms with Crippen LogP contribution in [0.2, 0.25) is 0 Å². The molecule has 1 fully saturated rings. The molecule has 9 nitrogen and oxygen atoms in total. The molecular formula is C24H37N3O6S. The molecule has 0 aromatic heterocycles. The molecule has 6 N–H and O–H groups in total. The standard InChI is InChI=1S/C24H37N3O6S/c1-27(2)19-11-7-10-17-16(19)9-8-12-20(17)34(32,33)26-14-6-4-3-5-13-25-21-18(15-28)22(29)24(31)23(21)30/h7-12,18,21-26,28-31H,3-6,13-15H2,1-2H3/t18-,21+,22-,23-,24-/m0/s1. The Labute approximate surface area is 201 Å². The molecule has 0 unspecified atom stereocenters. The van der Waals surface area contributed by atoms with E-state index in [1.807, 2.05) is 43.3 Å². The van der Waals surface area contributed by atoms with E-state index in [1.54, 1.807) is 12.1 Å². The van der Waals surface area contributed by atoms with Crippen LogP contribution < -0.4 is 14.9 Å². The number of rotatable bonds is 12. The van der Waals surface area contributed by atoms with Crippen molar-refractivity contribution in [2.45, 2.75) is 54.9 Å². The van der Waals surface area contributed by atoms with Gasteiger partial charge in [-0.15, -0.1) is 0 Å². The van der Waals surface area contributed by atoms with E-state index in [-0.39, 0.29) is 11.5 Å². The second kappa shape index (κ2) is 11.8. The molecule has 1 aliphatic rings. The summed E-state index contributed by atoms with van der Waals surface area (Å²) in [6.07, 6.45) is -0.378. The zero-order valence-corrected chi connectivity index (χ0v) is 20.6. The van der Waals surface area contributed by atoms with Gasteiger partial charge < -0.3 is 30.6 Å². The number of sulfonamides is 1. The Kier molecular flexibility index (Phi) is 9.27. The predicted molar refractivity (Wildman–Crippen MR) is 132 cm³/mol. The van der Waals surface area contributed by atoms with Crippen LogP contribution in [0.15, 0.2) is 41.3 Å². The van der Waals surface area contributed by atoms with E-state index in [2.05, 4.69) is 10.0 Å². The number of hydrogen-bond donors (Lipinski definition) is 6. The highest BCUT2D eigenvalue weighted by Crippen LogP contribution is 2.30. The average Bonchev–Trinajstić information content (AvgIpc) is 3.02. The van der Waals surface area contributed by atoms with Crippen molar-refractivity contribution in [3.63, 3.8) is 0 Å². The van der Waals surface area contributed by atoms with Crippen molar-refractivity contribution in [1.29, 1.82) is 0 Å². The molecule has 5 atom stereocenters. The van der Waals surface area contributed by atoms with E-state index in [9.17, 15) is 28.8 Å². The molecule has 0 amide bonds. The Morgan fingerprint density at radius 3 is 2.18 bits per heavy atom. The highest BCUT2D eigenvalue weighted by Gasteiger charge is 2.48. The Hall–Kier alpha value is -1.79. The first kappa shape index (κ1) is 26.8. The van der Waals surface area contributed by atoms with E-state index in [1.165, 1.54) is 0 Å². The van der Waals surface area contributed by atoms with Gasteiger partial charge in [-0.05, 0) is 31.5 Å². The first-order valence-electron chi connectivity index (χ1n) is 11.8. The number of nitrogens with zero attached hydrogens (tertiary/aromatic N) is 1. The van der Waals surface area contributed by atoms with Crippen molar-refractivity contribution < 1.29 is 28.8 Å². The van der Waals surface area contributed by atoms with Crippen molar-refractivity contribution in [3.05, 3.63) is 36.4 Å². The van der Waals surface area contributed by atoms with Crippen LogP contribution in [-0.2, 0) is 10.0 Å². The molecule has 10 heteroatoms. The van der Waals surface area contributed by atoms with Crippen LogP contribution >= 0.6 is 0 Å². The fourth-order valence-electron chi connectivity index (χ4n) is 4.67. The molecule has 1 aliphatic carbocycles. The summed E-state index contributed by atoms with van der Waals surface area (Å²) >= 11 is 0. The zero-order chi connectivity index (χ0) is 24.9. The van der Waals surface area contributed by atoms with Gasteiger partial charge >= 0.3 is 0 Å². The molecule has 3 rings (SSSR count). The fourth-order valence-corrected chi connectivity index (χ4v) is 5.97. The molecular weight excluding hydrogens is 458 g/mol. The van der Waals surface area contributed by atoms with Crippen molar-refractivity contribution >= 4 is 26.5 Å². The summed E-state index contributed by atoms with van der Waals surface area (Å²) in [4.78, 5) is 2.23. The van der Waals surface area contributed by atoms with Crippen molar-refractivity contribution in [2.24, 2.45) is 5.92 Å². The van der Waals surface area contributed by atoms with E-state index < -0.39 is 40.3 Å². The van der Waals surface area contributed by atoms with Crippen molar-refractivity contribution in [3.8, 4) is 0 Å². The maximum Gasteiger partial charge on any atom is 0.241 e. The molecule has 0 spiro atoms. The Morgan fingerprint density at radius 1 is 0.853 bits per heavy atom. The van der Waals surface area contributed by atoms with Gasteiger partial charge in [0, 0.05) is 49.1 Å². The van der Waals surface area contributed by atoms with Gasteiger partial charge in [-0.3, -0.25) is 0 Å². The van der Waals surface area contributed by atoms with Crippen LogP contribution in [0.25, 0.3) is 10.8 Å². The predicted octanol–water partition coefficient (Wildman–Crippen LogP) is 0.408. The van der Waals surface area contributed by atoms with E-state index in [0.717, 1.165) is 30.3 Å². The van der Waals surface area contributed by atoms with Gasteiger partial charge in [0.05, 0.1) is 23.7 Å². The zero-order valence-electron chi connectivity index (χ0n) is 19.8. The molecule has 2 aromatic rings. The lowest BCUT2D eigenvalue weighted by molar-refractivity contribution is -0.0311. The molecule has 0 heterocycles. The summed E-state index contributed by atoms with van der Waals surface area (Å²) in [7, 11) is 0.213. The minimum atomic E-state index is -3.64. The Balaban J connectivity index is 1.44. The number of unbranched alkanes of at least 4 members (excludes halogenated alkanes) is 3. The second-order valence-electron chi connectivity index (χ2n) is 9.13. The number of hydrogen-bond acceptors (Lipinski definition) is 8. The summed E-state index contributed by atoms with van der Waals surface area (Å²) in [5.41, 5.74) is 0.961. The maximum absolute atomic E-state index is 12.9. The lowest BCUT2D eigenvalue weighted by Gasteiger charge is -2.22. The largest absolute Gasteiger partial charge is 0.396 e. The molecule has 0 bridgehead atoms. The number of benzene rings is 2. The van der Waals surface area contributed by atoms with E-state index in [4.69, 9.17) is 0 Å². The third kappa shape index (κ3) is 5.88. The smallest absolute Gasteiger partial charge is 0.241 e. The average molecular weight is 496 g/mol. The third-order valence-corrected chi connectivity index (χ3v) is 8.10. The van der Waals surface area contributed by atoms with E-state index in [0.29, 0.717) is 24.9 Å². The lowest BCUT2D eigenvalue weighted by Crippen LogP contribution is -2.44. The molecule has 2 aromatic carbocycles. The van der Waals surface area contributed by atoms with Gasteiger partial charge in [0.1, 0.15) is 6.10 Å². The van der Waals surface area contributed by atoms with Gasteiger partial charge in [-0.25, -0.2) is 13.1 Å². The molecule has 0 aliphatic heterocycles. The van der Waals surface area contributed by atoms with Gasteiger partial charge in [-0.1, -0.05) is 37.1 Å². The number of anilines is 1. The Bertz CT molecular complexity index is 1050. The van der Waals surface area contributed by atoms with Crippen LogP contribution in [0.3, 0.4) is 0 Å². The normalized spacial score (nSPS) is 25.2. The van der Waals surface area contributed by atoms with Crippen molar-refractivity contribution in [2.75, 3.05) is 38.7 Å². The minimum absolute atomic E-state index is 0.274. The van der Waals surface area contributed by atoms with Gasteiger partial charge in [0.2, 0.25) is 10.0 Å². The first-order chi connectivity index (χ1) is 16.2. The number of aliphatic hydroxyl groups is 4. The monoisotopic (exact) mass is 495 g/mol. The third-order valence-electron chi connectivity index (χ3n) is 6.58. The highest BCUT2D eigenvalue weighted by molar-refractivity contribution is 7.89. The van der Waals surface area contributed by atoms with Crippen LogP contribution in [0.1, 0.15) is 25.7 Å². The summed E-state index contributed by atoms with van der Waals surface area (Å²) in [5, 5.41) is 43.8. The maximum atomic E-state index is 12.9. The molecule has 34 heavy (non-hydrogen) atoms. The summed E-state index contributed by atoms with van der Waals surface area (Å²) < 4.78 is 28.6. The number of aliphatic hydroxyl groups excluding tert-OH is 4. The highest BCUT2D eigenvalue weighted by atomic mass is 32.2. The molecule has 190 valence electrons. The summed E-state index contributed by atoms with van der Waals surface area (Å²) in [6.45, 7) is 0.583. The van der Waals surface area contributed by atoms with Crippen LogP contribution in [-0.4, -0.2) is 87.0 Å². The van der Waals surface area contributed by atoms with Gasteiger partial charge in [-0.2, -0.15) is 0 Å². The SMILES string of the molecule is CN(C)c1cccc2c(S(=O)(=O)NCCCCCCN[C@H]3[C@H](O)[C@@H](O)[C@@H](O)[C@H]3CO)cccc12. The summed E-state index contributed by atoms with van der Waals surface area (Å²) in [5.74, 6) is -0.609. The quantitative estimate of drug-likeness (QED) is 0.233. The first-order valence-corrected chi connectivity index (χ1v) is 13.2. The second-order valence-corrected chi connectivity index (χ2v) is 10.9. The summed E-state index contributed by atoms with van der Waals surface area (Å²) in [6, 6.07) is 10.4. The van der Waals surface area contributed by atoms with Crippen LogP contribution in [0.4, 0.5) is 5.69 Å². The molecule has 0 radical (unpaired) electrons. The minimum Gasteiger partial charge on any atom is -0.396 e.